The van der Waals surface area contributed by atoms with Crippen LogP contribution >= 0.6 is 0 Å². The predicted molar refractivity (Wildman–Crippen MR) is 87.6 cm³/mol. The van der Waals surface area contributed by atoms with Gasteiger partial charge in [0, 0.05) is 17.0 Å². The average molecular weight is 331 g/mol. The van der Waals surface area contributed by atoms with Gasteiger partial charge in [0.25, 0.3) is 11.8 Å². The van der Waals surface area contributed by atoms with E-state index in [0.717, 1.165) is 11.4 Å². The van der Waals surface area contributed by atoms with Crippen molar-refractivity contribution in [2.24, 2.45) is 0 Å². The molecule has 0 unspecified atom stereocenters. The lowest BCUT2D eigenvalue weighted by Gasteiger charge is -2.08. The highest BCUT2D eigenvalue weighted by atomic mass is 16.2. The van der Waals surface area contributed by atoms with Crippen LogP contribution in [0.15, 0.2) is 6.07 Å². The second-order valence-corrected chi connectivity index (χ2v) is 5.77. The van der Waals surface area contributed by atoms with Crippen LogP contribution in [0.5, 0.6) is 0 Å². The lowest BCUT2D eigenvalue weighted by atomic mass is 10.1. The van der Waals surface area contributed by atoms with Gasteiger partial charge in [0.15, 0.2) is 5.78 Å². The van der Waals surface area contributed by atoms with E-state index in [1.54, 1.807) is 18.5 Å². The fourth-order valence-corrected chi connectivity index (χ4v) is 2.70. The first-order chi connectivity index (χ1) is 11.2. The molecule has 0 fully saturated rings. The lowest BCUT2D eigenvalue weighted by molar-refractivity contribution is -0.122. The third-order valence-electron chi connectivity index (χ3n) is 3.73. The summed E-state index contributed by atoms with van der Waals surface area (Å²) in [4.78, 5) is 38.6. The first-order valence-corrected chi connectivity index (χ1v) is 7.51. The Balaban J connectivity index is 2.01. The molecule has 128 valence electrons. The molecular weight excluding hydrogens is 310 g/mol. The SMILES string of the molecule is CC(=O)c1c(C)[nH]c(C(=O)NNC(=O)Cn2nc(C)cc2C)c1C. The van der Waals surface area contributed by atoms with Gasteiger partial charge in [0.05, 0.1) is 5.69 Å². The Bertz CT molecular complexity index is 816. The van der Waals surface area contributed by atoms with Crippen LogP contribution in [0.1, 0.15) is 50.4 Å². The largest absolute Gasteiger partial charge is 0.354 e. The zero-order valence-electron chi connectivity index (χ0n) is 14.4. The van der Waals surface area contributed by atoms with Crippen LogP contribution in [-0.2, 0) is 11.3 Å². The van der Waals surface area contributed by atoms with E-state index in [-0.39, 0.29) is 18.0 Å². The van der Waals surface area contributed by atoms with Crippen LogP contribution < -0.4 is 10.9 Å². The number of carbonyl (C=O) groups excluding carboxylic acids is 3. The molecule has 0 aliphatic heterocycles. The van der Waals surface area contributed by atoms with E-state index < -0.39 is 11.8 Å². The number of amides is 2. The van der Waals surface area contributed by atoms with Gasteiger partial charge in [-0.15, -0.1) is 0 Å². The molecule has 8 nitrogen and oxygen atoms in total. The van der Waals surface area contributed by atoms with Gasteiger partial charge in [0.1, 0.15) is 12.2 Å². The number of aryl methyl sites for hydroxylation is 3. The highest BCUT2D eigenvalue weighted by Crippen LogP contribution is 2.18. The Morgan fingerprint density at radius 1 is 1.17 bits per heavy atom. The van der Waals surface area contributed by atoms with Gasteiger partial charge in [0.2, 0.25) is 0 Å². The molecule has 0 aliphatic rings. The molecule has 3 N–H and O–H groups in total. The van der Waals surface area contributed by atoms with Crippen LogP contribution in [0, 0.1) is 27.7 Å². The fraction of sp³-hybridized carbons (Fsp3) is 0.375. The highest BCUT2D eigenvalue weighted by Gasteiger charge is 2.20. The van der Waals surface area contributed by atoms with Gasteiger partial charge >= 0.3 is 0 Å². The van der Waals surface area contributed by atoms with Gasteiger partial charge in [-0.2, -0.15) is 5.10 Å². The molecule has 2 aromatic rings. The Kier molecular flexibility index (Phi) is 4.87. The summed E-state index contributed by atoms with van der Waals surface area (Å²) >= 11 is 0. The van der Waals surface area contributed by atoms with Crippen molar-refractivity contribution in [1.29, 1.82) is 0 Å². The van der Waals surface area contributed by atoms with Crippen molar-refractivity contribution in [3.63, 3.8) is 0 Å². The van der Waals surface area contributed by atoms with Gasteiger partial charge in [-0.3, -0.25) is 29.9 Å². The maximum Gasteiger partial charge on any atom is 0.286 e. The highest BCUT2D eigenvalue weighted by molar-refractivity contribution is 6.02. The number of hydrazine groups is 1. The van der Waals surface area contributed by atoms with Crippen molar-refractivity contribution in [3.05, 3.63) is 40.0 Å². The molecule has 0 saturated carbocycles. The molecule has 24 heavy (non-hydrogen) atoms. The molecule has 8 heteroatoms. The van der Waals surface area contributed by atoms with E-state index in [2.05, 4.69) is 20.9 Å². The second-order valence-electron chi connectivity index (χ2n) is 5.77. The number of rotatable bonds is 4. The maximum atomic E-state index is 12.2. The summed E-state index contributed by atoms with van der Waals surface area (Å²) in [5, 5.41) is 4.18. The van der Waals surface area contributed by atoms with Crippen molar-refractivity contribution in [1.82, 2.24) is 25.6 Å². The third kappa shape index (κ3) is 3.53. The Morgan fingerprint density at radius 3 is 2.33 bits per heavy atom. The first-order valence-electron chi connectivity index (χ1n) is 7.51. The smallest absolute Gasteiger partial charge is 0.286 e. The number of nitrogens with zero attached hydrogens (tertiary/aromatic N) is 2. The number of hydrogen-bond acceptors (Lipinski definition) is 4. The zero-order valence-corrected chi connectivity index (χ0v) is 14.4. The molecule has 0 atom stereocenters. The van der Waals surface area contributed by atoms with Gasteiger partial charge in [-0.05, 0) is 46.2 Å². The number of carbonyl (C=O) groups is 3. The monoisotopic (exact) mass is 331 g/mol. The number of Topliss-reactive ketones (excluding diaryl/α,β-unsaturated/α-hetero) is 1. The molecule has 0 aliphatic carbocycles. The summed E-state index contributed by atoms with van der Waals surface area (Å²) < 4.78 is 1.55. The van der Waals surface area contributed by atoms with E-state index >= 15 is 0 Å². The first kappa shape index (κ1) is 17.5. The molecule has 0 radical (unpaired) electrons. The van der Waals surface area contributed by atoms with Crippen molar-refractivity contribution >= 4 is 17.6 Å². The number of hydrogen-bond donors (Lipinski definition) is 3. The minimum Gasteiger partial charge on any atom is -0.354 e. The number of ketones is 1. The molecule has 0 bridgehead atoms. The standard InChI is InChI=1S/C16H21N5O3/c1-8-6-9(2)21(20-8)7-13(23)18-19-16(24)15-10(3)14(12(5)22)11(4)17-15/h6,17H,7H2,1-5H3,(H,18,23)(H,19,24). The van der Waals surface area contributed by atoms with Crippen LogP contribution in [0.25, 0.3) is 0 Å². The van der Waals surface area contributed by atoms with Crippen LogP contribution in [-0.4, -0.2) is 32.4 Å². The molecular formula is C16H21N5O3. The molecule has 0 saturated heterocycles. The number of aromatic nitrogens is 3. The van der Waals surface area contributed by atoms with Crippen molar-refractivity contribution < 1.29 is 14.4 Å². The maximum absolute atomic E-state index is 12.2. The Hall–Kier alpha value is -2.90. The summed E-state index contributed by atoms with van der Waals surface area (Å²) in [7, 11) is 0. The topological polar surface area (TPSA) is 109 Å². The molecule has 2 aromatic heterocycles. The minimum absolute atomic E-state index is 0.00137. The Labute approximate surface area is 139 Å². The molecule has 0 spiro atoms. The van der Waals surface area contributed by atoms with Gasteiger partial charge in [-0.1, -0.05) is 0 Å². The fourth-order valence-electron chi connectivity index (χ4n) is 2.70. The number of H-pyrrole nitrogens is 1. The normalized spacial score (nSPS) is 10.5. The van der Waals surface area contributed by atoms with E-state index in [4.69, 9.17) is 0 Å². The molecule has 2 rings (SSSR count). The molecule has 0 aromatic carbocycles. The Morgan fingerprint density at radius 2 is 1.83 bits per heavy atom. The van der Waals surface area contributed by atoms with Crippen molar-refractivity contribution in [2.45, 2.75) is 41.2 Å². The predicted octanol–water partition coefficient (Wildman–Crippen LogP) is 1.11. The van der Waals surface area contributed by atoms with Gasteiger partial charge in [-0.25, -0.2) is 0 Å². The number of aromatic amines is 1. The van der Waals surface area contributed by atoms with Crippen molar-refractivity contribution in [2.75, 3.05) is 0 Å². The molecule has 2 amide bonds. The van der Waals surface area contributed by atoms with Crippen molar-refractivity contribution in [3.8, 4) is 0 Å². The lowest BCUT2D eigenvalue weighted by Crippen LogP contribution is -2.43. The van der Waals surface area contributed by atoms with E-state index in [1.165, 1.54) is 6.92 Å². The van der Waals surface area contributed by atoms with Crippen LogP contribution in [0.2, 0.25) is 0 Å². The summed E-state index contributed by atoms with van der Waals surface area (Å²) in [6.45, 7) is 8.55. The van der Waals surface area contributed by atoms with Crippen LogP contribution in [0.4, 0.5) is 0 Å². The summed E-state index contributed by atoms with van der Waals surface area (Å²) in [5.74, 6) is -1.03. The van der Waals surface area contributed by atoms with Crippen LogP contribution in [0.3, 0.4) is 0 Å². The molecule has 2 heterocycles. The van der Waals surface area contributed by atoms with E-state index in [9.17, 15) is 14.4 Å². The van der Waals surface area contributed by atoms with E-state index in [0.29, 0.717) is 16.8 Å². The van der Waals surface area contributed by atoms with E-state index in [1.807, 2.05) is 19.9 Å². The quantitative estimate of drug-likeness (QED) is 0.576. The third-order valence-corrected chi connectivity index (χ3v) is 3.73. The summed E-state index contributed by atoms with van der Waals surface area (Å²) in [6.07, 6.45) is 0. The van der Waals surface area contributed by atoms with Gasteiger partial charge < -0.3 is 4.98 Å². The minimum atomic E-state index is -0.509. The second kappa shape index (κ2) is 6.69. The number of nitrogens with one attached hydrogen (secondary N) is 3. The average Bonchev–Trinajstić information content (AvgIpc) is 2.95. The zero-order chi connectivity index (χ0) is 18.0. The summed E-state index contributed by atoms with van der Waals surface area (Å²) in [6, 6.07) is 1.86. The summed E-state index contributed by atoms with van der Waals surface area (Å²) in [5.41, 5.74) is 8.30.